The molecule has 0 spiro atoms. The van der Waals surface area contributed by atoms with Crippen LogP contribution in [-0.2, 0) is 11.3 Å². The van der Waals surface area contributed by atoms with Crippen molar-refractivity contribution in [2.24, 2.45) is 5.92 Å². The van der Waals surface area contributed by atoms with Crippen molar-refractivity contribution in [3.05, 3.63) is 47.1 Å². The van der Waals surface area contributed by atoms with Gasteiger partial charge >= 0.3 is 5.97 Å². The maximum atomic E-state index is 13.3. The van der Waals surface area contributed by atoms with Crippen LogP contribution in [0.2, 0.25) is 0 Å². The van der Waals surface area contributed by atoms with Crippen molar-refractivity contribution in [1.82, 2.24) is 5.32 Å². The summed E-state index contributed by atoms with van der Waals surface area (Å²) in [6.45, 7) is 4.51. The van der Waals surface area contributed by atoms with Crippen molar-refractivity contribution in [3.63, 3.8) is 0 Å². The van der Waals surface area contributed by atoms with E-state index in [4.69, 9.17) is 0 Å². The van der Waals surface area contributed by atoms with Gasteiger partial charge in [-0.05, 0) is 42.2 Å². The summed E-state index contributed by atoms with van der Waals surface area (Å²) < 4.78 is 13.3. The van der Waals surface area contributed by atoms with E-state index >= 15 is 0 Å². The first-order valence-electron chi connectivity index (χ1n) is 7.26. The summed E-state index contributed by atoms with van der Waals surface area (Å²) in [6.07, 6.45) is 0.595. The highest BCUT2D eigenvalue weighted by atomic mass is 32.1. The Morgan fingerprint density at radius 3 is 2.73 bits per heavy atom. The SMILES string of the molecule is CC(C)CC(NCc1ccc(-c2cccc(F)c2)s1)C(=O)O. The first-order chi connectivity index (χ1) is 10.5. The second-order valence-electron chi connectivity index (χ2n) is 5.68. The van der Waals surface area contributed by atoms with E-state index in [0.29, 0.717) is 18.9 Å². The van der Waals surface area contributed by atoms with Crippen molar-refractivity contribution < 1.29 is 14.3 Å². The van der Waals surface area contributed by atoms with Gasteiger partial charge in [0.25, 0.3) is 0 Å². The number of carboxylic acids is 1. The van der Waals surface area contributed by atoms with E-state index in [0.717, 1.165) is 15.3 Å². The summed E-state index contributed by atoms with van der Waals surface area (Å²) in [7, 11) is 0. The zero-order valence-corrected chi connectivity index (χ0v) is 13.5. The second kappa shape index (κ2) is 7.51. The van der Waals surface area contributed by atoms with E-state index in [1.165, 1.54) is 12.1 Å². The third kappa shape index (κ3) is 4.64. The third-order valence-electron chi connectivity index (χ3n) is 3.30. The molecule has 0 aliphatic heterocycles. The average Bonchev–Trinajstić information content (AvgIpc) is 2.91. The van der Waals surface area contributed by atoms with Crippen LogP contribution in [0.1, 0.15) is 25.1 Å². The van der Waals surface area contributed by atoms with Crippen LogP contribution >= 0.6 is 11.3 Å². The minimum absolute atomic E-state index is 0.256. The Hall–Kier alpha value is -1.72. The van der Waals surface area contributed by atoms with Gasteiger partial charge in [0.15, 0.2) is 0 Å². The molecule has 118 valence electrons. The Balaban J connectivity index is 2.01. The molecule has 1 aromatic carbocycles. The molecule has 1 atom stereocenters. The van der Waals surface area contributed by atoms with Crippen molar-refractivity contribution in [1.29, 1.82) is 0 Å². The summed E-state index contributed by atoms with van der Waals surface area (Å²) in [5, 5.41) is 12.3. The molecule has 0 saturated heterocycles. The van der Waals surface area contributed by atoms with E-state index in [1.807, 2.05) is 32.0 Å². The number of hydrogen-bond donors (Lipinski definition) is 2. The van der Waals surface area contributed by atoms with Gasteiger partial charge in [0.1, 0.15) is 11.9 Å². The lowest BCUT2D eigenvalue weighted by Gasteiger charge is -2.15. The van der Waals surface area contributed by atoms with Gasteiger partial charge in [-0.2, -0.15) is 0 Å². The first kappa shape index (κ1) is 16.6. The largest absolute Gasteiger partial charge is 0.480 e. The zero-order valence-electron chi connectivity index (χ0n) is 12.7. The van der Waals surface area contributed by atoms with Crippen LogP contribution in [-0.4, -0.2) is 17.1 Å². The molecule has 2 N–H and O–H groups in total. The molecule has 5 heteroatoms. The zero-order chi connectivity index (χ0) is 16.1. The molecular weight excluding hydrogens is 301 g/mol. The molecule has 22 heavy (non-hydrogen) atoms. The Labute approximate surface area is 133 Å². The van der Waals surface area contributed by atoms with Gasteiger partial charge in [-0.15, -0.1) is 11.3 Å². The highest BCUT2D eigenvalue weighted by Crippen LogP contribution is 2.28. The number of halogens is 1. The maximum Gasteiger partial charge on any atom is 0.320 e. The lowest BCUT2D eigenvalue weighted by molar-refractivity contribution is -0.140. The number of nitrogens with one attached hydrogen (secondary N) is 1. The monoisotopic (exact) mass is 321 g/mol. The summed E-state index contributed by atoms with van der Waals surface area (Å²) in [5.41, 5.74) is 0.841. The number of rotatable bonds is 7. The summed E-state index contributed by atoms with van der Waals surface area (Å²) in [4.78, 5) is 13.2. The summed E-state index contributed by atoms with van der Waals surface area (Å²) in [6, 6.07) is 9.82. The molecule has 1 heterocycles. The van der Waals surface area contributed by atoms with Gasteiger partial charge in [-0.3, -0.25) is 10.1 Å². The van der Waals surface area contributed by atoms with Crippen molar-refractivity contribution >= 4 is 17.3 Å². The van der Waals surface area contributed by atoms with Gasteiger partial charge in [0.2, 0.25) is 0 Å². The predicted molar refractivity (Wildman–Crippen MR) is 87.4 cm³/mol. The Morgan fingerprint density at radius 1 is 1.32 bits per heavy atom. The highest BCUT2D eigenvalue weighted by Gasteiger charge is 2.18. The lowest BCUT2D eigenvalue weighted by Crippen LogP contribution is -2.37. The van der Waals surface area contributed by atoms with Crippen molar-refractivity contribution in [2.75, 3.05) is 0 Å². The molecule has 1 unspecified atom stereocenters. The van der Waals surface area contributed by atoms with Crippen LogP contribution in [0.4, 0.5) is 4.39 Å². The molecule has 0 fully saturated rings. The molecule has 0 saturated carbocycles. The summed E-state index contributed by atoms with van der Waals surface area (Å²) in [5.74, 6) is -0.760. The topological polar surface area (TPSA) is 49.3 Å². The predicted octanol–water partition coefficient (Wildman–Crippen LogP) is 4.14. The van der Waals surface area contributed by atoms with Crippen LogP contribution in [0.5, 0.6) is 0 Å². The van der Waals surface area contributed by atoms with Crippen LogP contribution in [0, 0.1) is 11.7 Å². The maximum absolute atomic E-state index is 13.3. The van der Waals surface area contributed by atoms with Gasteiger partial charge in [-0.1, -0.05) is 26.0 Å². The molecule has 2 rings (SSSR count). The average molecular weight is 321 g/mol. The van der Waals surface area contributed by atoms with E-state index < -0.39 is 12.0 Å². The third-order valence-corrected chi connectivity index (χ3v) is 4.43. The fourth-order valence-corrected chi connectivity index (χ4v) is 3.19. The summed E-state index contributed by atoms with van der Waals surface area (Å²) >= 11 is 1.55. The van der Waals surface area contributed by atoms with Crippen LogP contribution < -0.4 is 5.32 Å². The van der Waals surface area contributed by atoms with Crippen LogP contribution in [0.15, 0.2) is 36.4 Å². The fraction of sp³-hybridized carbons (Fsp3) is 0.353. The van der Waals surface area contributed by atoms with Gasteiger partial charge in [-0.25, -0.2) is 4.39 Å². The highest BCUT2D eigenvalue weighted by molar-refractivity contribution is 7.15. The Kier molecular flexibility index (Phi) is 5.69. The molecule has 0 aliphatic rings. The van der Waals surface area contributed by atoms with Crippen LogP contribution in [0.3, 0.4) is 0 Å². The normalized spacial score (nSPS) is 12.5. The molecule has 0 aliphatic carbocycles. The Morgan fingerprint density at radius 2 is 2.09 bits per heavy atom. The molecule has 0 bridgehead atoms. The quantitative estimate of drug-likeness (QED) is 0.805. The molecule has 1 aromatic heterocycles. The molecule has 2 aromatic rings. The minimum Gasteiger partial charge on any atom is -0.480 e. The molecular formula is C17H20FNO2S. The minimum atomic E-state index is -0.824. The van der Waals surface area contributed by atoms with E-state index in [-0.39, 0.29) is 5.82 Å². The second-order valence-corrected chi connectivity index (χ2v) is 6.85. The van der Waals surface area contributed by atoms with Gasteiger partial charge in [0.05, 0.1) is 0 Å². The Bertz CT molecular complexity index is 639. The van der Waals surface area contributed by atoms with E-state index in [2.05, 4.69) is 5.32 Å². The number of hydrogen-bond acceptors (Lipinski definition) is 3. The molecule has 0 radical (unpaired) electrons. The molecule has 3 nitrogen and oxygen atoms in total. The standard InChI is InChI=1S/C17H20FNO2S/c1-11(2)8-15(17(20)21)19-10-14-6-7-16(22-14)12-4-3-5-13(18)9-12/h3-7,9,11,15,19H,8,10H2,1-2H3,(H,20,21). The van der Waals surface area contributed by atoms with Crippen molar-refractivity contribution in [2.45, 2.75) is 32.9 Å². The molecule has 0 amide bonds. The van der Waals surface area contributed by atoms with Gasteiger partial charge in [0, 0.05) is 16.3 Å². The number of benzene rings is 1. The fourth-order valence-electron chi connectivity index (χ4n) is 2.24. The number of carboxylic acid groups (broad SMARTS) is 1. The first-order valence-corrected chi connectivity index (χ1v) is 8.08. The smallest absolute Gasteiger partial charge is 0.320 e. The van der Waals surface area contributed by atoms with Crippen molar-refractivity contribution in [3.8, 4) is 10.4 Å². The van der Waals surface area contributed by atoms with Crippen LogP contribution in [0.25, 0.3) is 10.4 Å². The van der Waals surface area contributed by atoms with E-state index in [1.54, 1.807) is 17.4 Å². The number of aliphatic carboxylic acids is 1. The lowest BCUT2D eigenvalue weighted by atomic mass is 10.0. The van der Waals surface area contributed by atoms with Gasteiger partial charge < -0.3 is 5.11 Å². The number of carbonyl (C=O) groups is 1. The van der Waals surface area contributed by atoms with E-state index in [9.17, 15) is 14.3 Å². The number of thiophene rings is 1.